The Hall–Kier alpha value is -2.84. The second-order valence-corrected chi connectivity index (χ2v) is 2.95. The van der Waals surface area contributed by atoms with Gasteiger partial charge in [-0.3, -0.25) is 10.1 Å². The molecule has 1 aromatic carbocycles. The summed E-state index contributed by atoms with van der Waals surface area (Å²) in [6.45, 7) is 0. The molecule has 17 heavy (non-hydrogen) atoms. The van der Waals surface area contributed by atoms with Gasteiger partial charge in [-0.1, -0.05) is 5.16 Å². The predicted octanol–water partition coefficient (Wildman–Crippen LogP) is 0.265. The lowest BCUT2D eigenvalue weighted by molar-refractivity contribution is -0.384. The van der Waals surface area contributed by atoms with Gasteiger partial charge in [0.05, 0.1) is 4.92 Å². The minimum Gasteiger partial charge on any atom is -0.409 e. The van der Waals surface area contributed by atoms with E-state index in [9.17, 15) is 10.1 Å². The van der Waals surface area contributed by atoms with E-state index in [1.807, 2.05) is 0 Å². The molecule has 0 saturated carbocycles. The molecule has 9 nitrogen and oxygen atoms in total. The van der Waals surface area contributed by atoms with Crippen LogP contribution < -0.4 is 0 Å². The average Bonchev–Trinajstić information content (AvgIpc) is 2.84. The zero-order valence-corrected chi connectivity index (χ0v) is 8.33. The highest BCUT2D eigenvalue weighted by Crippen LogP contribution is 2.12. The van der Waals surface area contributed by atoms with Crippen molar-refractivity contribution in [1.82, 2.24) is 20.2 Å². The van der Waals surface area contributed by atoms with Gasteiger partial charge in [0, 0.05) is 17.7 Å². The van der Waals surface area contributed by atoms with Gasteiger partial charge in [0.1, 0.15) is 0 Å². The maximum absolute atomic E-state index is 10.5. The molecule has 2 rings (SSSR count). The molecule has 9 heteroatoms. The SMILES string of the molecule is O=[N+]([O-])c1ccc(C(=NO)n2ncnn2)cc1. The van der Waals surface area contributed by atoms with Crippen molar-refractivity contribution < 1.29 is 10.1 Å². The number of aromatic nitrogens is 4. The van der Waals surface area contributed by atoms with Gasteiger partial charge in [-0.25, -0.2) is 0 Å². The number of tetrazole rings is 1. The van der Waals surface area contributed by atoms with Gasteiger partial charge < -0.3 is 5.21 Å². The summed E-state index contributed by atoms with van der Waals surface area (Å²) in [6, 6.07) is 5.43. The number of nitro benzene ring substituents is 1. The minimum atomic E-state index is -0.521. The van der Waals surface area contributed by atoms with Crippen molar-refractivity contribution in [3.05, 3.63) is 46.3 Å². The maximum atomic E-state index is 10.5. The minimum absolute atomic E-state index is 0.0254. The van der Waals surface area contributed by atoms with Crippen LogP contribution in [0.1, 0.15) is 5.56 Å². The molecule has 0 spiro atoms. The van der Waals surface area contributed by atoms with Crippen molar-refractivity contribution >= 4 is 11.5 Å². The van der Waals surface area contributed by atoms with Crippen molar-refractivity contribution in [3.63, 3.8) is 0 Å². The van der Waals surface area contributed by atoms with Crippen LogP contribution in [0.15, 0.2) is 35.7 Å². The van der Waals surface area contributed by atoms with Crippen LogP contribution >= 0.6 is 0 Å². The van der Waals surface area contributed by atoms with E-state index in [-0.39, 0.29) is 11.5 Å². The first-order chi connectivity index (χ1) is 8.22. The molecule has 0 bridgehead atoms. The molecule has 86 valence electrons. The van der Waals surface area contributed by atoms with Crippen molar-refractivity contribution in [3.8, 4) is 0 Å². The first-order valence-corrected chi connectivity index (χ1v) is 4.42. The Bertz CT molecular complexity index is 547. The predicted molar refractivity (Wildman–Crippen MR) is 54.6 cm³/mol. The van der Waals surface area contributed by atoms with E-state index in [4.69, 9.17) is 5.21 Å². The van der Waals surface area contributed by atoms with E-state index >= 15 is 0 Å². The normalized spacial score (nSPS) is 11.4. The van der Waals surface area contributed by atoms with Crippen molar-refractivity contribution in [2.45, 2.75) is 0 Å². The molecule has 0 atom stereocenters. The number of hydrogen-bond donors (Lipinski definition) is 1. The zero-order chi connectivity index (χ0) is 12.3. The van der Waals surface area contributed by atoms with Crippen LogP contribution in [0.3, 0.4) is 0 Å². The Morgan fingerprint density at radius 2 is 2.12 bits per heavy atom. The molecule has 0 saturated heterocycles. The van der Waals surface area contributed by atoms with Gasteiger partial charge in [-0.15, -0.1) is 15.0 Å². The first kappa shape index (κ1) is 10.7. The highest BCUT2D eigenvalue weighted by Gasteiger charge is 2.11. The zero-order valence-electron chi connectivity index (χ0n) is 8.33. The molecule has 0 unspecified atom stereocenters. The lowest BCUT2D eigenvalue weighted by Crippen LogP contribution is -2.16. The summed E-state index contributed by atoms with van der Waals surface area (Å²) < 4.78 is 0. The van der Waals surface area contributed by atoms with E-state index in [1.54, 1.807) is 0 Å². The third-order valence-corrected chi connectivity index (χ3v) is 1.97. The second kappa shape index (κ2) is 4.35. The largest absolute Gasteiger partial charge is 0.409 e. The summed E-state index contributed by atoms with van der Waals surface area (Å²) >= 11 is 0. The quantitative estimate of drug-likeness (QED) is 0.262. The number of benzene rings is 1. The number of oxime groups is 1. The van der Waals surface area contributed by atoms with Gasteiger partial charge >= 0.3 is 0 Å². The molecular weight excluding hydrogens is 228 g/mol. The molecular formula is C8H6N6O3. The smallest absolute Gasteiger partial charge is 0.269 e. The maximum Gasteiger partial charge on any atom is 0.269 e. The van der Waals surface area contributed by atoms with E-state index in [0.717, 1.165) is 4.80 Å². The second-order valence-electron chi connectivity index (χ2n) is 2.95. The molecule has 1 aromatic heterocycles. The highest BCUT2D eigenvalue weighted by molar-refractivity contribution is 5.98. The Morgan fingerprint density at radius 3 is 2.59 bits per heavy atom. The monoisotopic (exact) mass is 234 g/mol. The van der Waals surface area contributed by atoms with Gasteiger partial charge in [-0.05, 0) is 17.3 Å². The Morgan fingerprint density at radius 1 is 1.41 bits per heavy atom. The summed E-state index contributed by atoms with van der Waals surface area (Å²) in [5.41, 5.74) is 0.369. The lowest BCUT2D eigenvalue weighted by Gasteiger charge is -2.01. The van der Waals surface area contributed by atoms with E-state index in [1.165, 1.54) is 30.6 Å². The standard InChI is InChI=1S/C8H6N6O3/c15-11-8(13-10-5-9-12-13)6-1-3-7(4-2-6)14(16)17/h1-5,15H. The number of hydrogen-bond acceptors (Lipinski definition) is 7. The third-order valence-electron chi connectivity index (χ3n) is 1.97. The number of rotatable bonds is 2. The Balaban J connectivity index is 2.37. The van der Waals surface area contributed by atoms with E-state index in [0.29, 0.717) is 5.56 Å². The van der Waals surface area contributed by atoms with Crippen LogP contribution in [0.2, 0.25) is 0 Å². The van der Waals surface area contributed by atoms with E-state index in [2.05, 4.69) is 20.6 Å². The molecule has 0 fully saturated rings. The number of nitrogens with zero attached hydrogens (tertiary/aromatic N) is 6. The molecule has 0 aliphatic heterocycles. The number of nitro groups is 1. The Labute approximate surface area is 94.1 Å². The van der Waals surface area contributed by atoms with Crippen LogP contribution in [0.4, 0.5) is 5.69 Å². The summed E-state index contributed by atoms with van der Waals surface area (Å²) in [5.74, 6) is 0.0254. The summed E-state index contributed by atoms with van der Waals surface area (Å²) in [6.07, 6.45) is 1.18. The number of non-ortho nitro benzene ring substituents is 1. The van der Waals surface area contributed by atoms with Crippen LogP contribution in [-0.4, -0.2) is 36.2 Å². The molecule has 1 N–H and O–H groups in total. The van der Waals surface area contributed by atoms with Gasteiger partial charge in [0.15, 0.2) is 6.33 Å². The van der Waals surface area contributed by atoms with Gasteiger partial charge in [0.2, 0.25) is 5.84 Å². The highest BCUT2D eigenvalue weighted by atomic mass is 16.6. The van der Waals surface area contributed by atoms with E-state index < -0.39 is 4.92 Å². The lowest BCUT2D eigenvalue weighted by atomic mass is 10.2. The first-order valence-electron chi connectivity index (χ1n) is 4.42. The van der Waals surface area contributed by atoms with Crippen LogP contribution in [-0.2, 0) is 0 Å². The fraction of sp³-hybridized carbons (Fsp3) is 0. The average molecular weight is 234 g/mol. The van der Waals surface area contributed by atoms with Gasteiger partial charge in [-0.2, -0.15) is 0 Å². The summed E-state index contributed by atoms with van der Waals surface area (Å²) in [5, 5.41) is 33.0. The summed E-state index contributed by atoms with van der Waals surface area (Å²) in [4.78, 5) is 10.9. The molecule has 0 aliphatic carbocycles. The van der Waals surface area contributed by atoms with Gasteiger partial charge in [0.25, 0.3) is 5.69 Å². The molecule has 2 aromatic rings. The molecule has 0 aliphatic rings. The fourth-order valence-corrected chi connectivity index (χ4v) is 1.21. The van der Waals surface area contributed by atoms with Crippen LogP contribution in [0.25, 0.3) is 0 Å². The molecule has 1 heterocycles. The molecule has 0 radical (unpaired) electrons. The van der Waals surface area contributed by atoms with Crippen molar-refractivity contribution in [1.29, 1.82) is 0 Å². The van der Waals surface area contributed by atoms with Crippen LogP contribution in [0.5, 0.6) is 0 Å². The third kappa shape index (κ3) is 2.07. The topological polar surface area (TPSA) is 119 Å². The van der Waals surface area contributed by atoms with Crippen molar-refractivity contribution in [2.75, 3.05) is 0 Å². The summed E-state index contributed by atoms with van der Waals surface area (Å²) in [7, 11) is 0. The fourth-order valence-electron chi connectivity index (χ4n) is 1.21. The Kier molecular flexibility index (Phi) is 2.73. The van der Waals surface area contributed by atoms with Crippen LogP contribution in [0, 0.1) is 10.1 Å². The molecule has 0 amide bonds. The van der Waals surface area contributed by atoms with Crippen molar-refractivity contribution in [2.24, 2.45) is 5.16 Å².